The fraction of sp³-hybridized carbons (Fsp3) is 0.211. The molecule has 0 unspecified atom stereocenters. The zero-order valence-electron chi connectivity index (χ0n) is 14.3. The quantitative estimate of drug-likeness (QED) is 0.765. The van der Waals surface area contributed by atoms with Gasteiger partial charge in [-0.2, -0.15) is 0 Å². The zero-order valence-corrected chi connectivity index (χ0v) is 15.2. The number of nitrogens with one attached hydrogen (secondary N) is 1. The van der Waals surface area contributed by atoms with Crippen LogP contribution in [0, 0.1) is 0 Å². The van der Waals surface area contributed by atoms with Crippen molar-refractivity contribution in [3.05, 3.63) is 60.4 Å². The summed E-state index contributed by atoms with van der Waals surface area (Å²) in [4.78, 5) is 4.63. The number of hydrogen-bond acceptors (Lipinski definition) is 5. The van der Waals surface area contributed by atoms with Gasteiger partial charge in [-0.25, -0.2) is 12.4 Å². The molecule has 1 aliphatic rings. The first-order valence-corrected chi connectivity index (χ1v) is 9.81. The number of fused-ring (bicyclic) bond motifs is 1. The van der Waals surface area contributed by atoms with Crippen LogP contribution >= 0.6 is 0 Å². The van der Waals surface area contributed by atoms with Crippen molar-refractivity contribution in [2.45, 2.75) is 11.3 Å². The first kappa shape index (κ1) is 16.8. The monoisotopic (exact) mass is 369 g/mol. The van der Waals surface area contributed by atoms with Crippen molar-refractivity contribution < 1.29 is 13.2 Å². The zero-order chi connectivity index (χ0) is 18.1. The van der Waals surface area contributed by atoms with Crippen LogP contribution in [0.15, 0.2) is 59.8 Å². The lowest BCUT2D eigenvalue weighted by atomic mass is 10.0. The van der Waals surface area contributed by atoms with Gasteiger partial charge in [-0.15, -0.1) is 0 Å². The summed E-state index contributed by atoms with van der Waals surface area (Å²) in [6.45, 7) is 1.64. The maximum Gasteiger partial charge on any atom is 0.268 e. The van der Waals surface area contributed by atoms with Crippen molar-refractivity contribution in [3.8, 4) is 5.75 Å². The maximum absolute atomic E-state index is 13.3. The van der Waals surface area contributed by atoms with E-state index in [1.54, 1.807) is 42.7 Å². The number of aromatic nitrogens is 2. The molecule has 0 fully saturated rings. The van der Waals surface area contributed by atoms with E-state index in [0.29, 0.717) is 16.8 Å². The van der Waals surface area contributed by atoms with E-state index in [1.165, 1.54) is 17.1 Å². The molecule has 7 heteroatoms. The third-order valence-electron chi connectivity index (χ3n) is 4.53. The Morgan fingerprint density at radius 3 is 2.88 bits per heavy atom. The van der Waals surface area contributed by atoms with Crippen molar-refractivity contribution in [2.75, 3.05) is 20.2 Å². The maximum atomic E-state index is 13.3. The molecular weight excluding hydrogens is 350 g/mol. The molecule has 0 aliphatic carbocycles. The Morgan fingerprint density at radius 1 is 1.23 bits per heavy atom. The third kappa shape index (κ3) is 2.79. The van der Waals surface area contributed by atoms with E-state index in [-0.39, 0.29) is 4.90 Å². The van der Waals surface area contributed by atoms with Crippen LogP contribution in [0.2, 0.25) is 0 Å². The number of methoxy groups -OCH3 is 1. The lowest BCUT2D eigenvalue weighted by molar-refractivity contribution is 0.413. The summed E-state index contributed by atoms with van der Waals surface area (Å²) in [5.41, 5.74) is 3.26. The van der Waals surface area contributed by atoms with E-state index >= 15 is 0 Å². The summed E-state index contributed by atoms with van der Waals surface area (Å²) in [5.74, 6) is 0.502. The molecule has 4 rings (SSSR count). The Kier molecular flexibility index (Phi) is 4.26. The van der Waals surface area contributed by atoms with Crippen LogP contribution in [-0.4, -0.2) is 37.6 Å². The number of nitrogens with zero attached hydrogens (tertiary/aromatic N) is 2. The van der Waals surface area contributed by atoms with Crippen molar-refractivity contribution in [2.24, 2.45) is 0 Å². The highest BCUT2D eigenvalue weighted by Crippen LogP contribution is 2.31. The predicted molar refractivity (Wildman–Crippen MR) is 101 cm³/mol. The molecule has 3 aromatic rings. The van der Waals surface area contributed by atoms with Crippen molar-refractivity contribution in [1.82, 2.24) is 14.3 Å². The fourth-order valence-electron chi connectivity index (χ4n) is 3.21. The molecule has 1 N–H and O–H groups in total. The van der Waals surface area contributed by atoms with Gasteiger partial charge in [0.1, 0.15) is 5.75 Å². The Balaban J connectivity index is 1.92. The number of pyridine rings is 1. The second-order valence-electron chi connectivity index (χ2n) is 6.08. The van der Waals surface area contributed by atoms with E-state index in [9.17, 15) is 8.42 Å². The van der Waals surface area contributed by atoms with Gasteiger partial charge < -0.3 is 10.1 Å². The Morgan fingerprint density at radius 2 is 2.12 bits per heavy atom. The summed E-state index contributed by atoms with van der Waals surface area (Å²) in [5, 5.41) is 3.27. The highest BCUT2D eigenvalue weighted by molar-refractivity contribution is 7.90. The van der Waals surface area contributed by atoms with Crippen LogP contribution in [0.25, 0.3) is 16.6 Å². The van der Waals surface area contributed by atoms with Crippen LogP contribution < -0.4 is 10.1 Å². The van der Waals surface area contributed by atoms with E-state index < -0.39 is 10.0 Å². The molecule has 0 spiro atoms. The van der Waals surface area contributed by atoms with Crippen LogP contribution in [-0.2, 0) is 10.0 Å². The first-order chi connectivity index (χ1) is 12.6. The number of hydrogen-bond donors (Lipinski definition) is 1. The van der Waals surface area contributed by atoms with E-state index in [4.69, 9.17) is 4.74 Å². The molecule has 0 amide bonds. The van der Waals surface area contributed by atoms with Gasteiger partial charge in [0, 0.05) is 30.6 Å². The molecule has 0 bridgehead atoms. The van der Waals surface area contributed by atoms with Crippen molar-refractivity contribution in [3.63, 3.8) is 0 Å². The molecule has 1 aromatic carbocycles. The molecule has 1 aliphatic heterocycles. The minimum Gasteiger partial charge on any atom is -0.497 e. The molecule has 26 heavy (non-hydrogen) atoms. The second-order valence-corrected chi connectivity index (χ2v) is 7.89. The van der Waals surface area contributed by atoms with Crippen molar-refractivity contribution in [1.29, 1.82) is 0 Å². The third-order valence-corrected chi connectivity index (χ3v) is 6.20. The van der Waals surface area contributed by atoms with Gasteiger partial charge in [0.25, 0.3) is 10.0 Å². The van der Waals surface area contributed by atoms with E-state index in [1.807, 2.05) is 0 Å². The molecular formula is C19H19N3O3S. The van der Waals surface area contributed by atoms with Crippen LogP contribution in [0.4, 0.5) is 0 Å². The van der Waals surface area contributed by atoms with Gasteiger partial charge in [-0.3, -0.25) is 4.98 Å². The summed E-state index contributed by atoms with van der Waals surface area (Å²) in [6, 6.07) is 10.0. The number of ether oxygens (including phenoxy) is 1. The largest absolute Gasteiger partial charge is 0.497 e. The molecule has 3 heterocycles. The second kappa shape index (κ2) is 6.59. The van der Waals surface area contributed by atoms with Gasteiger partial charge in [0.15, 0.2) is 0 Å². The minimum absolute atomic E-state index is 0.184. The van der Waals surface area contributed by atoms with E-state index in [2.05, 4.69) is 16.4 Å². The topological polar surface area (TPSA) is 73.2 Å². The Labute approximate surface area is 152 Å². The highest BCUT2D eigenvalue weighted by Gasteiger charge is 2.23. The smallest absolute Gasteiger partial charge is 0.268 e. The minimum atomic E-state index is -3.76. The molecule has 0 saturated heterocycles. The van der Waals surface area contributed by atoms with Crippen LogP contribution in [0.5, 0.6) is 5.75 Å². The summed E-state index contributed by atoms with van der Waals surface area (Å²) in [6.07, 6.45) is 6.31. The summed E-state index contributed by atoms with van der Waals surface area (Å²) >= 11 is 0. The molecule has 0 radical (unpaired) electrons. The van der Waals surface area contributed by atoms with Gasteiger partial charge in [-0.05, 0) is 42.8 Å². The van der Waals surface area contributed by atoms with Gasteiger partial charge in [0.05, 0.1) is 23.0 Å². The average molecular weight is 369 g/mol. The first-order valence-electron chi connectivity index (χ1n) is 8.37. The predicted octanol–water partition coefficient (Wildman–Crippen LogP) is 2.66. The summed E-state index contributed by atoms with van der Waals surface area (Å²) in [7, 11) is -2.25. The molecule has 2 aromatic heterocycles. The fourth-order valence-corrected chi connectivity index (χ4v) is 4.60. The Bertz CT molecular complexity index is 1100. The molecule has 6 nitrogen and oxygen atoms in total. The normalized spacial score (nSPS) is 15.0. The van der Waals surface area contributed by atoms with Crippen LogP contribution in [0.1, 0.15) is 12.0 Å². The lowest BCUT2D eigenvalue weighted by Gasteiger charge is -2.12. The summed E-state index contributed by atoms with van der Waals surface area (Å²) < 4.78 is 33.0. The van der Waals surface area contributed by atoms with Gasteiger partial charge in [0.2, 0.25) is 0 Å². The molecule has 134 valence electrons. The average Bonchev–Trinajstić information content (AvgIpc) is 3.09. The molecule has 0 atom stereocenters. The standard InChI is InChI=1S/C19H19N3O3S/c1-25-15-4-2-5-16(12-15)26(23,24)22-13-17(14-7-10-20-11-8-14)19-18(22)6-3-9-21-19/h2-7,9,12-13,20H,8,10-11H2,1H3. The number of rotatable bonds is 4. The number of benzene rings is 1. The van der Waals surface area contributed by atoms with Gasteiger partial charge in [-0.1, -0.05) is 12.1 Å². The van der Waals surface area contributed by atoms with Crippen molar-refractivity contribution >= 4 is 26.6 Å². The van der Waals surface area contributed by atoms with E-state index in [0.717, 1.165) is 30.6 Å². The molecule has 0 saturated carbocycles. The highest BCUT2D eigenvalue weighted by atomic mass is 32.2. The van der Waals surface area contributed by atoms with Crippen LogP contribution in [0.3, 0.4) is 0 Å². The SMILES string of the molecule is COc1cccc(S(=O)(=O)n2cc(C3=CCNCC3)c3ncccc32)c1. The Hall–Kier alpha value is -2.64. The van der Waals surface area contributed by atoms with Gasteiger partial charge >= 0.3 is 0 Å². The lowest BCUT2D eigenvalue weighted by Crippen LogP contribution is -2.20.